The Balaban J connectivity index is 1.74. The fourth-order valence-electron chi connectivity index (χ4n) is 3.87. The lowest BCUT2D eigenvalue weighted by Gasteiger charge is -2.12. The van der Waals surface area contributed by atoms with E-state index >= 15 is 0 Å². The summed E-state index contributed by atoms with van der Waals surface area (Å²) in [4.78, 5) is 21.8. The number of carbonyl (C=O) groups excluding carboxylic acids is 1. The van der Waals surface area contributed by atoms with Crippen molar-refractivity contribution in [2.24, 2.45) is 0 Å². The number of nitrogens with zero attached hydrogens (tertiary/aromatic N) is 4. The lowest BCUT2D eigenvalue weighted by atomic mass is 10.0. The third kappa shape index (κ3) is 4.10. The second kappa shape index (κ2) is 9.44. The molecule has 0 atom stereocenters. The number of hydrogen-bond acceptors (Lipinski definition) is 5. The zero-order valence-electron chi connectivity index (χ0n) is 18.2. The Hall–Kier alpha value is -3.98. The summed E-state index contributed by atoms with van der Waals surface area (Å²) in [7, 11) is 1.39. The number of benzene rings is 2. The zero-order chi connectivity index (χ0) is 22.5. The maximum Gasteiger partial charge on any atom is 0.340 e. The van der Waals surface area contributed by atoms with Crippen molar-refractivity contribution >= 4 is 17.0 Å². The second-order valence-electron chi connectivity index (χ2n) is 7.59. The minimum atomic E-state index is -0.375. The van der Waals surface area contributed by atoms with Gasteiger partial charge in [-0.2, -0.15) is 5.26 Å². The molecule has 0 saturated heterocycles. The van der Waals surface area contributed by atoms with E-state index in [1.165, 1.54) is 7.11 Å². The average molecular weight is 425 g/mol. The first-order chi connectivity index (χ1) is 15.7. The third-order valence-corrected chi connectivity index (χ3v) is 5.49. The third-order valence-electron chi connectivity index (χ3n) is 5.49. The van der Waals surface area contributed by atoms with Crippen molar-refractivity contribution < 1.29 is 9.53 Å². The van der Waals surface area contributed by atoms with Crippen molar-refractivity contribution in [2.45, 2.75) is 32.7 Å². The number of ether oxygens (including phenoxy) is 1. The first-order valence-corrected chi connectivity index (χ1v) is 10.7. The van der Waals surface area contributed by atoms with Gasteiger partial charge in [-0.3, -0.25) is 4.98 Å². The normalized spacial score (nSPS) is 10.8. The van der Waals surface area contributed by atoms with Crippen LogP contribution >= 0.6 is 0 Å². The van der Waals surface area contributed by atoms with Crippen molar-refractivity contribution in [3.05, 3.63) is 83.3 Å². The van der Waals surface area contributed by atoms with Crippen molar-refractivity contribution in [1.29, 1.82) is 5.26 Å². The molecule has 0 aliphatic rings. The van der Waals surface area contributed by atoms with Gasteiger partial charge in [0.15, 0.2) is 0 Å². The van der Waals surface area contributed by atoms with E-state index < -0.39 is 0 Å². The number of rotatable bonds is 7. The van der Waals surface area contributed by atoms with E-state index in [9.17, 15) is 10.1 Å². The number of para-hydroxylation sites is 1. The van der Waals surface area contributed by atoms with Gasteiger partial charge in [-0.1, -0.05) is 43.7 Å². The van der Waals surface area contributed by atoms with E-state index in [4.69, 9.17) is 9.72 Å². The molecule has 0 unspecified atom stereocenters. The van der Waals surface area contributed by atoms with Crippen molar-refractivity contribution in [3.8, 4) is 17.3 Å². The van der Waals surface area contributed by atoms with Crippen LogP contribution in [-0.4, -0.2) is 27.6 Å². The van der Waals surface area contributed by atoms with Crippen LogP contribution in [0.25, 0.3) is 22.3 Å². The molecule has 0 bridgehead atoms. The second-order valence-corrected chi connectivity index (χ2v) is 7.59. The standard InChI is InChI=1S/C26H24N4O2/c1-3-4-12-24-29-23-11-7-10-21(26(31)32-2)25(23)30(24)17-18-13-14-22(28-16-18)20-9-6-5-8-19(20)15-27/h5-11,13-14,16H,3-4,12,17H2,1-2H3. The van der Waals surface area contributed by atoms with Gasteiger partial charge in [0.2, 0.25) is 0 Å². The van der Waals surface area contributed by atoms with Gasteiger partial charge in [0.05, 0.1) is 47.6 Å². The van der Waals surface area contributed by atoms with Crippen LogP contribution in [0.5, 0.6) is 0 Å². The number of hydrogen-bond donors (Lipinski definition) is 0. The number of imidazole rings is 1. The Morgan fingerprint density at radius 2 is 1.97 bits per heavy atom. The molecule has 2 aromatic heterocycles. The summed E-state index contributed by atoms with van der Waals surface area (Å²) in [6.07, 6.45) is 4.72. The zero-order valence-corrected chi connectivity index (χ0v) is 18.2. The molecule has 0 spiro atoms. The van der Waals surface area contributed by atoms with Gasteiger partial charge >= 0.3 is 5.97 Å². The molecule has 2 heterocycles. The van der Waals surface area contributed by atoms with Crippen LogP contribution in [0, 0.1) is 11.3 Å². The molecule has 0 fully saturated rings. The lowest BCUT2D eigenvalue weighted by molar-refractivity contribution is 0.0602. The first-order valence-electron chi connectivity index (χ1n) is 10.7. The van der Waals surface area contributed by atoms with Crippen LogP contribution in [0.3, 0.4) is 0 Å². The van der Waals surface area contributed by atoms with Gasteiger partial charge in [-0.25, -0.2) is 9.78 Å². The molecule has 4 rings (SSSR count). The highest BCUT2D eigenvalue weighted by molar-refractivity contribution is 6.02. The monoisotopic (exact) mass is 424 g/mol. The lowest BCUT2D eigenvalue weighted by Crippen LogP contribution is -2.09. The fraction of sp³-hybridized carbons (Fsp3) is 0.231. The summed E-state index contributed by atoms with van der Waals surface area (Å²) < 4.78 is 7.10. The van der Waals surface area contributed by atoms with Crippen LogP contribution in [0.4, 0.5) is 0 Å². The number of aryl methyl sites for hydroxylation is 1. The minimum Gasteiger partial charge on any atom is -0.465 e. The SMILES string of the molecule is CCCCc1nc2cccc(C(=O)OC)c2n1Cc1ccc(-c2ccccc2C#N)nc1. The van der Waals surface area contributed by atoms with Crippen LogP contribution < -0.4 is 0 Å². The van der Waals surface area contributed by atoms with E-state index in [2.05, 4.69) is 22.5 Å². The first kappa shape index (κ1) is 21.3. The average Bonchev–Trinajstić information content (AvgIpc) is 3.19. The van der Waals surface area contributed by atoms with Gasteiger partial charge < -0.3 is 9.30 Å². The highest BCUT2D eigenvalue weighted by Crippen LogP contribution is 2.25. The highest BCUT2D eigenvalue weighted by Gasteiger charge is 2.19. The van der Waals surface area contributed by atoms with Crippen molar-refractivity contribution in [2.75, 3.05) is 7.11 Å². The maximum absolute atomic E-state index is 12.4. The van der Waals surface area contributed by atoms with E-state index in [1.54, 1.807) is 12.1 Å². The fourth-order valence-corrected chi connectivity index (χ4v) is 3.87. The highest BCUT2D eigenvalue weighted by atomic mass is 16.5. The number of carbonyl (C=O) groups is 1. The Morgan fingerprint density at radius 1 is 1.12 bits per heavy atom. The smallest absolute Gasteiger partial charge is 0.340 e. The van der Waals surface area contributed by atoms with E-state index in [0.717, 1.165) is 52.9 Å². The molecule has 0 N–H and O–H groups in total. The van der Waals surface area contributed by atoms with Gasteiger partial charge in [0.25, 0.3) is 0 Å². The predicted molar refractivity (Wildman–Crippen MR) is 123 cm³/mol. The Kier molecular flexibility index (Phi) is 6.27. The molecular weight excluding hydrogens is 400 g/mol. The molecule has 160 valence electrons. The van der Waals surface area contributed by atoms with E-state index in [-0.39, 0.29) is 5.97 Å². The van der Waals surface area contributed by atoms with Crippen LogP contribution in [0.15, 0.2) is 60.8 Å². The van der Waals surface area contributed by atoms with Gasteiger partial charge in [-0.05, 0) is 36.2 Å². The van der Waals surface area contributed by atoms with Crippen LogP contribution in [0.1, 0.15) is 47.1 Å². The number of fused-ring (bicyclic) bond motifs is 1. The summed E-state index contributed by atoms with van der Waals surface area (Å²) in [5.74, 6) is 0.567. The molecule has 0 aliphatic carbocycles. The quantitative estimate of drug-likeness (QED) is 0.383. The number of methoxy groups -OCH3 is 1. The van der Waals surface area contributed by atoms with Crippen molar-refractivity contribution in [3.63, 3.8) is 0 Å². The summed E-state index contributed by atoms with van der Waals surface area (Å²) >= 11 is 0. The summed E-state index contributed by atoms with van der Waals surface area (Å²) in [5.41, 5.74) is 5.22. The molecular formula is C26H24N4O2. The van der Waals surface area contributed by atoms with Gasteiger partial charge in [0.1, 0.15) is 5.82 Å². The maximum atomic E-state index is 12.4. The molecule has 0 saturated carbocycles. The number of pyridine rings is 1. The summed E-state index contributed by atoms with van der Waals surface area (Å²) in [6, 6.07) is 19.1. The Bertz CT molecular complexity index is 1300. The molecule has 4 aromatic rings. The molecule has 0 radical (unpaired) electrons. The molecule has 0 amide bonds. The topological polar surface area (TPSA) is 80.8 Å². The van der Waals surface area contributed by atoms with E-state index in [0.29, 0.717) is 17.7 Å². The molecule has 0 aliphatic heterocycles. The van der Waals surface area contributed by atoms with E-state index in [1.807, 2.05) is 48.7 Å². The van der Waals surface area contributed by atoms with Crippen molar-refractivity contribution in [1.82, 2.24) is 14.5 Å². The largest absolute Gasteiger partial charge is 0.465 e. The number of esters is 1. The van der Waals surface area contributed by atoms with Crippen LogP contribution in [-0.2, 0) is 17.7 Å². The van der Waals surface area contributed by atoms with Gasteiger partial charge in [0, 0.05) is 18.2 Å². The van der Waals surface area contributed by atoms with Crippen LogP contribution in [0.2, 0.25) is 0 Å². The molecule has 32 heavy (non-hydrogen) atoms. The molecule has 2 aromatic carbocycles. The molecule has 6 heteroatoms. The summed E-state index contributed by atoms with van der Waals surface area (Å²) in [6.45, 7) is 2.69. The minimum absolute atomic E-state index is 0.375. The van der Waals surface area contributed by atoms with Gasteiger partial charge in [-0.15, -0.1) is 0 Å². The number of unbranched alkanes of at least 4 members (excludes halogenated alkanes) is 1. The summed E-state index contributed by atoms with van der Waals surface area (Å²) in [5, 5.41) is 9.37. The molecule has 6 nitrogen and oxygen atoms in total. The predicted octanol–water partition coefficient (Wildman–Crippen LogP) is 5.15. The Morgan fingerprint density at radius 3 is 2.69 bits per heavy atom. The number of aromatic nitrogens is 3. The number of nitriles is 1. The Labute approximate surface area is 187 Å².